The third-order valence-electron chi connectivity index (χ3n) is 2.87. The molecule has 0 fully saturated rings. The number of amides is 1. The fraction of sp³-hybridized carbons (Fsp3) is 0.167. The lowest BCUT2D eigenvalue weighted by atomic mass is 9.93. The number of rotatable bonds is 0. The molecule has 1 aliphatic heterocycles. The number of carbonyl (C=O) groups excluding carboxylic acids is 3. The number of Topliss-reactive ketones (excluding diaryl/α,β-unsaturated/α-hetero) is 2. The number of ketones is 2. The van der Waals surface area contributed by atoms with Crippen molar-refractivity contribution in [3.63, 3.8) is 0 Å². The molecule has 1 amide bonds. The molecule has 0 aromatic carbocycles. The summed E-state index contributed by atoms with van der Waals surface area (Å²) in [6, 6.07) is 1.67. The Hall–Kier alpha value is -1.95. The SMILES string of the molecule is Cc1ccnc2c1C(=O)C1=C(SCC(=O)N1)C2=O. The fourth-order valence-electron chi connectivity index (χ4n) is 2.03. The van der Waals surface area contributed by atoms with Crippen molar-refractivity contribution in [3.05, 3.63) is 39.7 Å². The zero-order valence-corrected chi connectivity index (χ0v) is 10.3. The molecular formula is C12H8N2O3S. The predicted molar refractivity (Wildman–Crippen MR) is 65.3 cm³/mol. The van der Waals surface area contributed by atoms with Gasteiger partial charge in [0.05, 0.1) is 16.2 Å². The van der Waals surface area contributed by atoms with Crippen LogP contribution in [-0.4, -0.2) is 28.2 Å². The van der Waals surface area contributed by atoms with Crippen molar-refractivity contribution in [2.75, 3.05) is 5.75 Å². The van der Waals surface area contributed by atoms with Crippen LogP contribution in [0.1, 0.15) is 26.4 Å². The van der Waals surface area contributed by atoms with Gasteiger partial charge in [-0.15, -0.1) is 11.8 Å². The Balaban J connectivity index is 2.24. The molecule has 1 aromatic heterocycles. The molecule has 0 saturated heterocycles. The molecule has 0 radical (unpaired) electrons. The van der Waals surface area contributed by atoms with Gasteiger partial charge in [-0.05, 0) is 18.6 Å². The smallest absolute Gasteiger partial charge is 0.234 e. The molecule has 0 saturated carbocycles. The number of allylic oxidation sites excluding steroid dienone is 2. The Labute approximate surface area is 107 Å². The maximum Gasteiger partial charge on any atom is 0.234 e. The Bertz CT molecular complexity index is 649. The molecule has 2 heterocycles. The topological polar surface area (TPSA) is 76.1 Å². The van der Waals surface area contributed by atoms with Gasteiger partial charge in [-0.1, -0.05) is 0 Å². The van der Waals surface area contributed by atoms with E-state index in [2.05, 4.69) is 10.3 Å². The summed E-state index contributed by atoms with van der Waals surface area (Å²) in [6.45, 7) is 1.75. The first-order valence-electron chi connectivity index (χ1n) is 5.31. The first-order chi connectivity index (χ1) is 8.59. The molecule has 90 valence electrons. The van der Waals surface area contributed by atoms with Crippen molar-refractivity contribution in [2.45, 2.75) is 6.92 Å². The van der Waals surface area contributed by atoms with Crippen LogP contribution in [0.25, 0.3) is 0 Å². The minimum absolute atomic E-state index is 0.102. The van der Waals surface area contributed by atoms with Crippen molar-refractivity contribution >= 4 is 29.2 Å². The summed E-state index contributed by atoms with van der Waals surface area (Å²) < 4.78 is 0. The van der Waals surface area contributed by atoms with Crippen LogP contribution >= 0.6 is 11.8 Å². The van der Waals surface area contributed by atoms with Crippen LogP contribution in [0.15, 0.2) is 22.9 Å². The summed E-state index contributed by atoms with van der Waals surface area (Å²) in [7, 11) is 0. The van der Waals surface area contributed by atoms with E-state index < -0.39 is 0 Å². The number of aryl methyl sites for hydroxylation is 1. The van der Waals surface area contributed by atoms with Crippen LogP contribution in [0.2, 0.25) is 0 Å². The zero-order valence-electron chi connectivity index (χ0n) is 9.44. The molecule has 1 aliphatic carbocycles. The van der Waals surface area contributed by atoms with Gasteiger partial charge in [0, 0.05) is 6.20 Å². The predicted octanol–water partition coefficient (Wildman–Crippen LogP) is 0.844. The molecule has 0 bridgehead atoms. The van der Waals surface area contributed by atoms with Gasteiger partial charge in [-0.3, -0.25) is 19.4 Å². The van der Waals surface area contributed by atoms with Crippen LogP contribution in [0, 0.1) is 6.92 Å². The van der Waals surface area contributed by atoms with Crippen LogP contribution in [-0.2, 0) is 4.79 Å². The van der Waals surface area contributed by atoms with E-state index in [1.165, 1.54) is 6.20 Å². The number of fused-ring (bicyclic) bond motifs is 1. The maximum absolute atomic E-state index is 12.3. The monoisotopic (exact) mass is 260 g/mol. The summed E-state index contributed by atoms with van der Waals surface area (Å²) in [4.78, 5) is 40.1. The lowest BCUT2D eigenvalue weighted by molar-refractivity contribution is -0.117. The zero-order chi connectivity index (χ0) is 12.9. The Morgan fingerprint density at radius 2 is 2.06 bits per heavy atom. The van der Waals surface area contributed by atoms with Gasteiger partial charge >= 0.3 is 0 Å². The molecule has 1 N–H and O–H groups in total. The van der Waals surface area contributed by atoms with Gasteiger partial charge in [0.15, 0.2) is 0 Å². The summed E-state index contributed by atoms with van der Waals surface area (Å²) >= 11 is 1.09. The van der Waals surface area contributed by atoms with E-state index in [4.69, 9.17) is 0 Å². The standard InChI is InChI=1S/C12H8N2O3S/c1-5-2-3-13-8-7(5)10(16)9-12(11(8)17)18-4-6(15)14-9/h2-3H,4H2,1H3,(H,14,15). The average Bonchev–Trinajstić information content (AvgIpc) is 2.35. The van der Waals surface area contributed by atoms with E-state index in [9.17, 15) is 14.4 Å². The van der Waals surface area contributed by atoms with E-state index >= 15 is 0 Å². The van der Waals surface area contributed by atoms with Gasteiger partial charge in [-0.25, -0.2) is 0 Å². The number of nitrogens with zero attached hydrogens (tertiary/aromatic N) is 1. The van der Waals surface area contributed by atoms with E-state index in [0.717, 1.165) is 11.8 Å². The molecule has 5 nitrogen and oxygen atoms in total. The normalized spacial score (nSPS) is 18.4. The van der Waals surface area contributed by atoms with Gasteiger partial charge in [0.1, 0.15) is 11.4 Å². The highest BCUT2D eigenvalue weighted by Crippen LogP contribution is 2.34. The van der Waals surface area contributed by atoms with E-state index in [-0.39, 0.29) is 34.6 Å². The second-order valence-corrected chi connectivity index (χ2v) is 5.04. The number of carbonyl (C=O) groups is 3. The minimum Gasteiger partial charge on any atom is -0.321 e. The van der Waals surface area contributed by atoms with Crippen molar-refractivity contribution in [1.29, 1.82) is 0 Å². The van der Waals surface area contributed by atoms with Crippen LogP contribution < -0.4 is 5.32 Å². The second kappa shape index (κ2) is 3.78. The van der Waals surface area contributed by atoms with Gasteiger partial charge in [-0.2, -0.15) is 0 Å². The first kappa shape index (κ1) is 11.2. The van der Waals surface area contributed by atoms with E-state index in [1.807, 2.05) is 0 Å². The van der Waals surface area contributed by atoms with Crippen molar-refractivity contribution in [2.24, 2.45) is 0 Å². The molecule has 1 aromatic rings. The highest BCUT2D eigenvalue weighted by molar-refractivity contribution is 8.04. The molecule has 2 aliphatic rings. The Morgan fingerprint density at radius 1 is 1.28 bits per heavy atom. The van der Waals surface area contributed by atoms with Crippen LogP contribution in [0.4, 0.5) is 0 Å². The molecule has 18 heavy (non-hydrogen) atoms. The first-order valence-corrected chi connectivity index (χ1v) is 6.30. The molecule has 0 atom stereocenters. The van der Waals surface area contributed by atoms with Crippen LogP contribution in [0.3, 0.4) is 0 Å². The van der Waals surface area contributed by atoms with Crippen LogP contribution in [0.5, 0.6) is 0 Å². The lowest BCUT2D eigenvalue weighted by Gasteiger charge is -2.24. The van der Waals surface area contributed by atoms with E-state index in [1.54, 1.807) is 13.0 Å². The molecule has 3 rings (SSSR count). The van der Waals surface area contributed by atoms with Gasteiger partial charge in [0.25, 0.3) is 0 Å². The highest BCUT2D eigenvalue weighted by Gasteiger charge is 2.37. The number of nitrogens with one attached hydrogen (secondary N) is 1. The number of hydrogen-bond donors (Lipinski definition) is 1. The largest absolute Gasteiger partial charge is 0.321 e. The fourth-order valence-corrected chi connectivity index (χ4v) is 2.89. The summed E-state index contributed by atoms with van der Waals surface area (Å²) in [5.74, 6) is -0.720. The molecule has 0 spiro atoms. The maximum atomic E-state index is 12.3. The number of hydrogen-bond acceptors (Lipinski definition) is 5. The molecular weight excluding hydrogens is 252 g/mol. The van der Waals surface area contributed by atoms with Crippen molar-refractivity contribution < 1.29 is 14.4 Å². The second-order valence-electron chi connectivity index (χ2n) is 4.05. The Morgan fingerprint density at radius 3 is 2.83 bits per heavy atom. The van der Waals surface area contributed by atoms with Crippen molar-refractivity contribution in [1.82, 2.24) is 10.3 Å². The third kappa shape index (κ3) is 1.42. The summed E-state index contributed by atoms with van der Waals surface area (Å²) in [5, 5.41) is 2.49. The molecule has 6 heteroatoms. The summed E-state index contributed by atoms with van der Waals surface area (Å²) in [5.41, 5.74) is 1.27. The average molecular weight is 260 g/mol. The van der Waals surface area contributed by atoms with Gasteiger partial charge < -0.3 is 5.32 Å². The number of pyridine rings is 1. The quantitative estimate of drug-likeness (QED) is 0.748. The summed E-state index contributed by atoms with van der Waals surface area (Å²) in [6.07, 6.45) is 1.51. The molecule has 0 unspecified atom stereocenters. The van der Waals surface area contributed by atoms with Gasteiger partial charge in [0.2, 0.25) is 17.5 Å². The number of aromatic nitrogens is 1. The van der Waals surface area contributed by atoms with Crippen molar-refractivity contribution in [3.8, 4) is 0 Å². The lowest BCUT2D eigenvalue weighted by Crippen LogP contribution is -2.38. The minimum atomic E-state index is -0.328. The number of thioether (sulfide) groups is 1. The Kier molecular flexibility index (Phi) is 2.34. The third-order valence-corrected chi connectivity index (χ3v) is 3.96. The van der Waals surface area contributed by atoms with E-state index in [0.29, 0.717) is 16.0 Å². The highest BCUT2D eigenvalue weighted by atomic mass is 32.2.